The molecule has 2 rings (SSSR count). The van der Waals surface area contributed by atoms with E-state index in [4.69, 9.17) is 31.7 Å². The third-order valence-electron chi connectivity index (χ3n) is 2.83. The van der Waals surface area contributed by atoms with Gasteiger partial charge in [0.2, 0.25) is 0 Å². The van der Waals surface area contributed by atoms with E-state index in [1.165, 1.54) is 18.4 Å². The number of benzene rings is 1. The summed E-state index contributed by atoms with van der Waals surface area (Å²) in [7, 11) is 1.52. The van der Waals surface area contributed by atoms with Crippen molar-refractivity contribution in [1.29, 1.82) is 0 Å². The van der Waals surface area contributed by atoms with Gasteiger partial charge in [-0.15, -0.1) is 11.3 Å². The average Bonchev–Trinajstić information content (AvgIpc) is 2.98. The second-order valence-electron chi connectivity index (χ2n) is 4.47. The van der Waals surface area contributed by atoms with E-state index in [9.17, 15) is 4.79 Å². The molecular weight excluding hydrogens is 340 g/mol. The molecule has 0 unspecified atom stereocenters. The molecule has 0 aliphatic heterocycles. The maximum atomic E-state index is 11.7. The molecule has 0 spiro atoms. The van der Waals surface area contributed by atoms with Crippen LogP contribution in [0.25, 0.3) is 0 Å². The van der Waals surface area contributed by atoms with Gasteiger partial charge in [0.15, 0.2) is 0 Å². The third kappa shape index (κ3) is 5.40. The molecule has 1 amide bonds. The Morgan fingerprint density at radius 2 is 1.96 bits per heavy atom. The number of nitrogens with two attached hydrogens (primary N) is 1. The number of halogens is 1. The van der Waals surface area contributed by atoms with E-state index in [2.05, 4.69) is 0 Å². The summed E-state index contributed by atoms with van der Waals surface area (Å²) in [6, 6.07) is 10.6. The Morgan fingerprint density at radius 3 is 2.57 bits per heavy atom. The SMILES string of the molecule is COCCOC(=O)N(N)c1ccc(OCc2ccc(Cl)s2)cc1. The molecule has 124 valence electrons. The molecule has 1 aromatic carbocycles. The fourth-order valence-electron chi connectivity index (χ4n) is 1.67. The van der Waals surface area contributed by atoms with Gasteiger partial charge in [-0.05, 0) is 36.4 Å². The molecule has 1 aromatic heterocycles. The first-order valence-electron chi connectivity index (χ1n) is 6.77. The summed E-state index contributed by atoms with van der Waals surface area (Å²) in [6.07, 6.45) is -0.649. The van der Waals surface area contributed by atoms with E-state index in [0.717, 1.165) is 14.2 Å². The molecule has 6 nitrogen and oxygen atoms in total. The predicted molar refractivity (Wildman–Crippen MR) is 90.0 cm³/mol. The van der Waals surface area contributed by atoms with Crippen LogP contribution < -0.4 is 15.6 Å². The lowest BCUT2D eigenvalue weighted by Crippen LogP contribution is -2.38. The standard InChI is InChI=1S/C15H17ClN2O4S/c1-20-8-9-21-15(19)18(17)11-2-4-12(5-3-11)22-10-13-6-7-14(16)23-13/h2-7H,8-10,17H2,1H3. The van der Waals surface area contributed by atoms with Gasteiger partial charge < -0.3 is 14.2 Å². The molecule has 0 fully saturated rings. The minimum atomic E-state index is -0.649. The lowest BCUT2D eigenvalue weighted by molar-refractivity contribution is 0.103. The number of nitrogens with zero attached hydrogens (tertiary/aromatic N) is 1. The van der Waals surface area contributed by atoms with Crippen LogP contribution in [0.5, 0.6) is 5.75 Å². The van der Waals surface area contributed by atoms with Crippen molar-refractivity contribution >= 4 is 34.7 Å². The summed E-state index contributed by atoms with van der Waals surface area (Å²) in [4.78, 5) is 12.7. The van der Waals surface area contributed by atoms with Gasteiger partial charge in [-0.1, -0.05) is 11.6 Å². The van der Waals surface area contributed by atoms with E-state index in [-0.39, 0.29) is 6.61 Å². The van der Waals surface area contributed by atoms with Crippen molar-refractivity contribution in [3.8, 4) is 5.75 Å². The Bertz CT molecular complexity index is 633. The molecule has 0 saturated heterocycles. The minimum Gasteiger partial charge on any atom is -0.488 e. The van der Waals surface area contributed by atoms with Crippen molar-refractivity contribution in [2.45, 2.75) is 6.61 Å². The number of carbonyl (C=O) groups is 1. The zero-order valence-corrected chi connectivity index (χ0v) is 14.1. The Balaban J connectivity index is 1.86. The highest BCUT2D eigenvalue weighted by atomic mass is 35.5. The van der Waals surface area contributed by atoms with Gasteiger partial charge in [-0.2, -0.15) is 0 Å². The highest BCUT2D eigenvalue weighted by molar-refractivity contribution is 7.16. The number of methoxy groups -OCH3 is 1. The smallest absolute Gasteiger partial charge is 0.428 e. The number of amides is 1. The molecule has 0 aliphatic rings. The normalized spacial score (nSPS) is 10.4. The monoisotopic (exact) mass is 356 g/mol. The maximum absolute atomic E-state index is 11.7. The zero-order valence-electron chi connectivity index (χ0n) is 12.5. The molecular formula is C15H17ClN2O4S. The van der Waals surface area contributed by atoms with Gasteiger partial charge >= 0.3 is 6.09 Å². The number of carbonyl (C=O) groups excluding carboxylic acids is 1. The molecule has 0 radical (unpaired) electrons. The van der Waals surface area contributed by atoms with Crippen molar-refractivity contribution in [1.82, 2.24) is 0 Å². The highest BCUT2D eigenvalue weighted by Crippen LogP contribution is 2.24. The van der Waals surface area contributed by atoms with Crippen molar-refractivity contribution in [3.05, 3.63) is 45.6 Å². The number of thiophene rings is 1. The summed E-state index contributed by atoms with van der Waals surface area (Å²) >= 11 is 7.33. The first-order chi connectivity index (χ1) is 11.1. The van der Waals surface area contributed by atoms with Crippen LogP contribution in [0.15, 0.2) is 36.4 Å². The number of ether oxygens (including phenoxy) is 3. The van der Waals surface area contributed by atoms with Gasteiger partial charge in [0, 0.05) is 12.0 Å². The molecule has 1 heterocycles. The number of hydrazine groups is 1. The van der Waals surface area contributed by atoms with E-state index in [1.54, 1.807) is 24.3 Å². The van der Waals surface area contributed by atoms with E-state index in [1.807, 2.05) is 12.1 Å². The number of hydrogen-bond donors (Lipinski definition) is 1. The van der Waals surface area contributed by atoms with Crippen LogP contribution in [-0.4, -0.2) is 26.4 Å². The summed E-state index contributed by atoms with van der Waals surface area (Å²) in [5.74, 6) is 6.37. The lowest BCUT2D eigenvalue weighted by Gasteiger charge is -2.16. The van der Waals surface area contributed by atoms with E-state index in [0.29, 0.717) is 24.7 Å². The van der Waals surface area contributed by atoms with Crippen molar-refractivity contribution in [3.63, 3.8) is 0 Å². The first kappa shape index (κ1) is 17.6. The minimum absolute atomic E-state index is 0.146. The van der Waals surface area contributed by atoms with E-state index >= 15 is 0 Å². The second kappa shape index (κ2) is 8.73. The van der Waals surface area contributed by atoms with E-state index < -0.39 is 6.09 Å². The summed E-state index contributed by atoms with van der Waals surface area (Å²) in [6.45, 7) is 0.898. The molecule has 8 heteroatoms. The molecule has 23 heavy (non-hydrogen) atoms. The zero-order chi connectivity index (χ0) is 16.7. The Morgan fingerprint density at radius 1 is 1.22 bits per heavy atom. The molecule has 2 N–H and O–H groups in total. The van der Waals surface area contributed by atoms with Gasteiger partial charge in [-0.3, -0.25) is 0 Å². The maximum Gasteiger partial charge on any atom is 0.428 e. The molecule has 0 atom stereocenters. The van der Waals surface area contributed by atoms with Gasteiger partial charge in [0.05, 0.1) is 16.6 Å². The molecule has 0 saturated carbocycles. The molecule has 0 bridgehead atoms. The van der Waals surface area contributed by atoms with Crippen LogP contribution in [0.3, 0.4) is 0 Å². The van der Waals surface area contributed by atoms with Crippen LogP contribution >= 0.6 is 22.9 Å². The van der Waals surface area contributed by atoms with Gasteiger partial charge in [0.25, 0.3) is 0 Å². The number of rotatable bonds is 7. The largest absolute Gasteiger partial charge is 0.488 e. The fourth-order valence-corrected chi connectivity index (χ4v) is 2.67. The van der Waals surface area contributed by atoms with Crippen molar-refractivity contribution < 1.29 is 19.0 Å². The molecule has 0 aliphatic carbocycles. The second-order valence-corrected chi connectivity index (χ2v) is 6.27. The number of anilines is 1. The van der Waals surface area contributed by atoms with Crippen LogP contribution in [0.1, 0.15) is 4.88 Å². The van der Waals surface area contributed by atoms with Crippen LogP contribution in [0.2, 0.25) is 4.34 Å². The molecule has 2 aromatic rings. The summed E-state index contributed by atoms with van der Waals surface area (Å²) in [5.41, 5.74) is 0.499. The first-order valence-corrected chi connectivity index (χ1v) is 7.97. The summed E-state index contributed by atoms with van der Waals surface area (Å²) in [5, 5.41) is 0.929. The Kier molecular flexibility index (Phi) is 6.66. The van der Waals surface area contributed by atoms with Gasteiger partial charge in [-0.25, -0.2) is 15.6 Å². The Hall–Kier alpha value is -1.80. The fraction of sp³-hybridized carbons (Fsp3) is 0.267. The number of hydrogen-bond acceptors (Lipinski definition) is 6. The van der Waals surface area contributed by atoms with Crippen LogP contribution in [0, 0.1) is 0 Å². The lowest BCUT2D eigenvalue weighted by atomic mass is 10.3. The summed E-state index contributed by atoms with van der Waals surface area (Å²) < 4.78 is 16.1. The van der Waals surface area contributed by atoms with Crippen LogP contribution in [-0.2, 0) is 16.1 Å². The topological polar surface area (TPSA) is 74.0 Å². The van der Waals surface area contributed by atoms with Gasteiger partial charge in [0.1, 0.15) is 19.0 Å². The average molecular weight is 357 g/mol. The predicted octanol–water partition coefficient (Wildman–Crippen LogP) is 3.44. The third-order valence-corrected chi connectivity index (χ3v) is 4.04. The van der Waals surface area contributed by atoms with Crippen LogP contribution in [0.4, 0.5) is 10.5 Å². The van der Waals surface area contributed by atoms with Crippen molar-refractivity contribution in [2.75, 3.05) is 25.3 Å². The highest BCUT2D eigenvalue weighted by Gasteiger charge is 2.13. The van der Waals surface area contributed by atoms with Crippen molar-refractivity contribution in [2.24, 2.45) is 5.84 Å². The quantitative estimate of drug-likeness (QED) is 0.356. The Labute approximate surface area is 143 Å².